The van der Waals surface area contributed by atoms with Gasteiger partial charge in [-0.05, 0) is 54.0 Å². The molecule has 0 heterocycles. The van der Waals surface area contributed by atoms with Crippen LogP contribution in [0.3, 0.4) is 0 Å². The molecular formula is C18H18. The van der Waals surface area contributed by atoms with Crippen LogP contribution in [0.2, 0.25) is 0 Å². The van der Waals surface area contributed by atoms with Crippen molar-refractivity contribution < 1.29 is 0 Å². The quantitative estimate of drug-likeness (QED) is 0.620. The maximum Gasteiger partial charge on any atom is -0.0103 e. The summed E-state index contributed by atoms with van der Waals surface area (Å²) in [5, 5.41) is 0. The average Bonchev–Trinajstić information content (AvgIpc) is 2.60. The Morgan fingerprint density at radius 1 is 1.11 bits per heavy atom. The van der Waals surface area contributed by atoms with E-state index in [1.54, 1.807) is 5.57 Å². The van der Waals surface area contributed by atoms with E-state index in [2.05, 4.69) is 43.8 Å². The maximum absolute atomic E-state index is 3.77. The Balaban J connectivity index is 2.21. The molecule has 18 heavy (non-hydrogen) atoms. The average molecular weight is 234 g/mol. The van der Waals surface area contributed by atoms with Crippen LogP contribution in [0.15, 0.2) is 60.2 Å². The first-order valence-electron chi connectivity index (χ1n) is 6.65. The van der Waals surface area contributed by atoms with E-state index in [-0.39, 0.29) is 0 Å². The number of rotatable bonds is 2. The van der Waals surface area contributed by atoms with Crippen LogP contribution >= 0.6 is 0 Å². The first kappa shape index (κ1) is 11.3. The molecule has 1 aromatic carbocycles. The predicted molar refractivity (Wildman–Crippen MR) is 79.1 cm³/mol. The van der Waals surface area contributed by atoms with Crippen molar-refractivity contribution in [2.24, 2.45) is 0 Å². The lowest BCUT2D eigenvalue weighted by Crippen LogP contribution is -2.01. The van der Waals surface area contributed by atoms with E-state index in [4.69, 9.17) is 0 Å². The molecule has 0 bridgehead atoms. The van der Waals surface area contributed by atoms with Gasteiger partial charge in [-0.1, -0.05) is 54.6 Å². The van der Waals surface area contributed by atoms with Gasteiger partial charge < -0.3 is 0 Å². The number of hydrogen-bond donors (Lipinski definition) is 0. The van der Waals surface area contributed by atoms with Crippen molar-refractivity contribution in [1.82, 2.24) is 0 Å². The summed E-state index contributed by atoms with van der Waals surface area (Å²) in [6.07, 6.45) is 9.99. The second kappa shape index (κ2) is 4.45. The second-order valence-electron chi connectivity index (χ2n) is 5.01. The smallest absolute Gasteiger partial charge is 0.0103 e. The minimum atomic E-state index is 1.27. The minimum Gasteiger partial charge on any atom is -0.0991 e. The van der Waals surface area contributed by atoms with Crippen LogP contribution in [0.25, 0.3) is 11.1 Å². The molecule has 0 aromatic heterocycles. The molecular weight excluding hydrogens is 216 g/mol. The Hall–Kier alpha value is -1.82. The largest absolute Gasteiger partial charge is 0.0991 e. The third kappa shape index (κ3) is 1.60. The molecule has 0 heteroatoms. The fraction of sp³-hybridized carbons (Fsp3) is 0.222. The van der Waals surface area contributed by atoms with Gasteiger partial charge in [-0.25, -0.2) is 0 Å². The number of fused-ring (bicyclic) bond motifs is 1. The molecule has 0 unspecified atom stereocenters. The Labute approximate surface area is 109 Å². The molecule has 0 N–H and O–H groups in total. The molecule has 2 aliphatic carbocycles. The number of hydrogen-bond acceptors (Lipinski definition) is 0. The summed E-state index contributed by atoms with van der Waals surface area (Å²) in [6, 6.07) is 8.77. The fourth-order valence-electron chi connectivity index (χ4n) is 2.86. The molecule has 3 rings (SSSR count). The fourth-order valence-corrected chi connectivity index (χ4v) is 2.86. The molecule has 1 saturated carbocycles. The zero-order valence-corrected chi connectivity index (χ0v) is 10.9. The molecule has 0 saturated heterocycles. The maximum atomic E-state index is 3.77. The van der Waals surface area contributed by atoms with Crippen molar-refractivity contribution in [3.63, 3.8) is 0 Å². The second-order valence-corrected chi connectivity index (χ2v) is 5.01. The molecule has 1 aromatic rings. The molecule has 0 nitrogen and oxygen atoms in total. The molecule has 0 spiro atoms. The van der Waals surface area contributed by atoms with Gasteiger partial charge in [0, 0.05) is 0 Å². The molecule has 2 aliphatic rings. The molecule has 0 amide bonds. The molecule has 0 atom stereocenters. The summed E-state index contributed by atoms with van der Waals surface area (Å²) >= 11 is 0. The van der Waals surface area contributed by atoms with Gasteiger partial charge in [-0.3, -0.25) is 0 Å². The zero-order chi connectivity index (χ0) is 12.5. The Bertz CT molecular complexity index is 588. The van der Waals surface area contributed by atoms with E-state index in [0.29, 0.717) is 0 Å². The van der Waals surface area contributed by atoms with Gasteiger partial charge in [0.05, 0.1) is 0 Å². The van der Waals surface area contributed by atoms with Crippen molar-refractivity contribution in [2.45, 2.75) is 26.2 Å². The van der Waals surface area contributed by atoms with Gasteiger partial charge in [0.25, 0.3) is 0 Å². The lowest BCUT2D eigenvalue weighted by molar-refractivity contribution is 0.666. The summed E-state index contributed by atoms with van der Waals surface area (Å²) in [4.78, 5) is 0. The lowest BCUT2D eigenvalue weighted by Gasteiger charge is -2.21. The van der Waals surface area contributed by atoms with Crippen molar-refractivity contribution in [1.29, 1.82) is 0 Å². The monoisotopic (exact) mass is 234 g/mol. The number of allylic oxidation sites excluding steroid dienone is 7. The Kier molecular flexibility index (Phi) is 2.79. The van der Waals surface area contributed by atoms with Crippen molar-refractivity contribution in [2.75, 3.05) is 0 Å². The van der Waals surface area contributed by atoms with Crippen LogP contribution in [0.1, 0.15) is 37.3 Å². The van der Waals surface area contributed by atoms with Crippen molar-refractivity contribution in [3.8, 4) is 0 Å². The van der Waals surface area contributed by atoms with Crippen LogP contribution in [-0.2, 0) is 0 Å². The van der Waals surface area contributed by atoms with E-state index in [9.17, 15) is 0 Å². The summed E-state index contributed by atoms with van der Waals surface area (Å²) in [5.74, 6) is 0. The third-order valence-corrected chi connectivity index (χ3v) is 3.98. The lowest BCUT2D eigenvalue weighted by atomic mass is 9.83. The van der Waals surface area contributed by atoms with Gasteiger partial charge in [-0.2, -0.15) is 0 Å². The standard InChI is InChI=1S/C18H18/c1-3-4-10-16-13(2)15-11-5-6-12-17(15)18(16)14-8-7-9-14/h3-6,10-12H,1,7-9H2,2H3/b10-4-. The highest BCUT2D eigenvalue weighted by atomic mass is 14.3. The van der Waals surface area contributed by atoms with E-state index in [0.717, 1.165) is 0 Å². The van der Waals surface area contributed by atoms with E-state index < -0.39 is 0 Å². The first-order chi connectivity index (χ1) is 8.83. The predicted octanol–water partition coefficient (Wildman–Crippen LogP) is 5.15. The molecule has 1 fully saturated rings. The topological polar surface area (TPSA) is 0 Å². The zero-order valence-electron chi connectivity index (χ0n) is 10.9. The Morgan fingerprint density at radius 2 is 1.83 bits per heavy atom. The van der Waals surface area contributed by atoms with Crippen molar-refractivity contribution in [3.05, 3.63) is 71.3 Å². The minimum absolute atomic E-state index is 1.27. The van der Waals surface area contributed by atoms with Gasteiger partial charge in [0.2, 0.25) is 0 Å². The Morgan fingerprint density at radius 3 is 2.44 bits per heavy atom. The SMILES string of the molecule is C=C/C=C\C1=C(C)c2ccccc2C1=C1CCC1. The third-order valence-electron chi connectivity index (χ3n) is 3.98. The van der Waals surface area contributed by atoms with Crippen LogP contribution in [-0.4, -0.2) is 0 Å². The summed E-state index contributed by atoms with van der Waals surface area (Å²) in [7, 11) is 0. The van der Waals surface area contributed by atoms with Crippen LogP contribution < -0.4 is 0 Å². The molecule has 0 aliphatic heterocycles. The van der Waals surface area contributed by atoms with Gasteiger partial charge >= 0.3 is 0 Å². The van der Waals surface area contributed by atoms with Crippen molar-refractivity contribution >= 4 is 11.1 Å². The highest BCUT2D eigenvalue weighted by Gasteiger charge is 2.26. The van der Waals surface area contributed by atoms with E-state index in [1.165, 1.54) is 47.1 Å². The van der Waals surface area contributed by atoms with E-state index >= 15 is 0 Å². The number of benzene rings is 1. The van der Waals surface area contributed by atoms with Gasteiger partial charge in [0.15, 0.2) is 0 Å². The molecule has 0 radical (unpaired) electrons. The van der Waals surface area contributed by atoms with Gasteiger partial charge in [-0.15, -0.1) is 0 Å². The summed E-state index contributed by atoms with van der Waals surface area (Å²) in [5.41, 5.74) is 8.74. The van der Waals surface area contributed by atoms with Gasteiger partial charge in [0.1, 0.15) is 0 Å². The first-order valence-corrected chi connectivity index (χ1v) is 6.65. The summed E-state index contributed by atoms with van der Waals surface area (Å²) < 4.78 is 0. The van der Waals surface area contributed by atoms with Crippen LogP contribution in [0.4, 0.5) is 0 Å². The normalized spacial score (nSPS) is 18.3. The van der Waals surface area contributed by atoms with Crippen LogP contribution in [0, 0.1) is 0 Å². The summed E-state index contributed by atoms with van der Waals surface area (Å²) in [6.45, 7) is 6.00. The molecule has 90 valence electrons. The van der Waals surface area contributed by atoms with E-state index in [1.807, 2.05) is 12.2 Å². The highest BCUT2D eigenvalue weighted by molar-refractivity contribution is 6.02. The van der Waals surface area contributed by atoms with Crippen LogP contribution in [0.5, 0.6) is 0 Å². The highest BCUT2D eigenvalue weighted by Crippen LogP contribution is 2.47.